The van der Waals surface area contributed by atoms with E-state index < -0.39 is 34.5 Å². The molecule has 0 aromatic heterocycles. The van der Waals surface area contributed by atoms with Gasteiger partial charge in [-0.15, -0.1) is 0 Å². The second-order valence-corrected chi connectivity index (χ2v) is 12.0. The van der Waals surface area contributed by atoms with Gasteiger partial charge in [-0.05, 0) is 66.6 Å². The van der Waals surface area contributed by atoms with E-state index in [0.29, 0.717) is 22.7 Å². The zero-order valence-corrected chi connectivity index (χ0v) is 25.4. The predicted molar refractivity (Wildman–Crippen MR) is 167 cm³/mol. The van der Waals surface area contributed by atoms with Crippen molar-refractivity contribution < 1.29 is 32.2 Å². The van der Waals surface area contributed by atoms with E-state index in [9.17, 15) is 18.0 Å². The van der Waals surface area contributed by atoms with Crippen molar-refractivity contribution in [2.75, 3.05) is 36.5 Å². The Labute approximate surface area is 256 Å². The van der Waals surface area contributed by atoms with Crippen LogP contribution in [0.15, 0.2) is 102 Å². The molecule has 2 amide bonds. The number of hydrogen-bond donors (Lipinski definition) is 1. The molecule has 0 unspecified atom stereocenters. The van der Waals surface area contributed by atoms with Crippen LogP contribution in [-0.4, -0.2) is 53.6 Å². The standard InChI is InChI=1S/C33H33N3O7S/c1-23-13-18-29(42-3)31(19-23)44(39,40)36(25-14-16-26(41-2)17-15-25)22-32(37)35-21-30(43-28-12-8-7-11-27(28)35)33(38)34-20-24-9-5-4-6-10-24/h4-19,30H,20-22H2,1-3H3,(H,34,38)/t30-/m0/s1. The first kappa shape index (κ1) is 30.4. The van der Waals surface area contributed by atoms with E-state index in [-0.39, 0.29) is 29.4 Å². The van der Waals surface area contributed by atoms with Crippen LogP contribution in [0, 0.1) is 6.92 Å². The van der Waals surface area contributed by atoms with Crippen molar-refractivity contribution in [3.05, 3.63) is 108 Å². The Morgan fingerprint density at radius 1 is 0.932 bits per heavy atom. The quantitative estimate of drug-likeness (QED) is 0.283. The lowest BCUT2D eigenvalue weighted by molar-refractivity contribution is -0.128. The van der Waals surface area contributed by atoms with Crippen molar-refractivity contribution in [2.24, 2.45) is 0 Å². The van der Waals surface area contributed by atoms with E-state index in [1.165, 1.54) is 25.2 Å². The van der Waals surface area contributed by atoms with Gasteiger partial charge in [0, 0.05) is 6.54 Å². The average Bonchev–Trinajstić information content (AvgIpc) is 3.05. The minimum atomic E-state index is -4.31. The third-order valence-electron chi connectivity index (χ3n) is 7.20. The van der Waals surface area contributed by atoms with Gasteiger partial charge in [-0.3, -0.25) is 13.9 Å². The number of rotatable bonds is 10. The second-order valence-electron chi connectivity index (χ2n) is 10.1. The Kier molecular flexibility index (Phi) is 9.05. The fraction of sp³-hybridized carbons (Fsp3) is 0.212. The minimum absolute atomic E-state index is 0.0795. The Morgan fingerprint density at radius 2 is 1.64 bits per heavy atom. The molecule has 4 aromatic rings. The van der Waals surface area contributed by atoms with E-state index in [1.807, 2.05) is 30.3 Å². The number of nitrogens with one attached hydrogen (secondary N) is 1. The fourth-order valence-corrected chi connectivity index (χ4v) is 6.54. The highest BCUT2D eigenvalue weighted by atomic mass is 32.2. The summed E-state index contributed by atoms with van der Waals surface area (Å²) >= 11 is 0. The molecule has 228 valence electrons. The number of carbonyl (C=O) groups is 2. The summed E-state index contributed by atoms with van der Waals surface area (Å²) in [5, 5.41) is 2.87. The smallest absolute Gasteiger partial charge is 0.268 e. The predicted octanol–water partition coefficient (Wildman–Crippen LogP) is 4.32. The summed E-state index contributed by atoms with van der Waals surface area (Å²) in [7, 11) is -1.41. The van der Waals surface area contributed by atoms with Crippen molar-refractivity contribution in [1.82, 2.24) is 5.32 Å². The number of methoxy groups -OCH3 is 2. The van der Waals surface area contributed by atoms with E-state index in [0.717, 1.165) is 9.87 Å². The number of nitrogens with zero attached hydrogens (tertiary/aromatic N) is 2. The van der Waals surface area contributed by atoms with Crippen LogP contribution in [0.25, 0.3) is 0 Å². The number of fused-ring (bicyclic) bond motifs is 1. The maximum Gasteiger partial charge on any atom is 0.268 e. The molecule has 44 heavy (non-hydrogen) atoms. The highest BCUT2D eigenvalue weighted by molar-refractivity contribution is 7.93. The van der Waals surface area contributed by atoms with Crippen LogP contribution in [0.5, 0.6) is 17.2 Å². The van der Waals surface area contributed by atoms with Gasteiger partial charge in [0.1, 0.15) is 28.7 Å². The van der Waals surface area contributed by atoms with Gasteiger partial charge in [-0.25, -0.2) is 8.42 Å². The number of ether oxygens (including phenoxy) is 3. The molecule has 0 radical (unpaired) electrons. The first-order valence-electron chi connectivity index (χ1n) is 13.9. The molecular weight excluding hydrogens is 582 g/mol. The van der Waals surface area contributed by atoms with E-state index in [4.69, 9.17) is 14.2 Å². The molecule has 1 aliphatic rings. The first-order valence-corrected chi connectivity index (χ1v) is 15.3. The van der Waals surface area contributed by atoms with E-state index in [1.54, 1.807) is 67.6 Å². The Hall–Kier alpha value is -5.03. The molecule has 1 aliphatic heterocycles. The first-order chi connectivity index (χ1) is 21.2. The fourth-order valence-electron chi connectivity index (χ4n) is 4.88. The molecule has 1 heterocycles. The summed E-state index contributed by atoms with van der Waals surface area (Å²) in [6.07, 6.45) is -1.01. The Bertz CT molecular complexity index is 1750. The molecular formula is C33H33N3O7S. The zero-order chi connectivity index (χ0) is 31.3. The molecule has 0 saturated heterocycles. The largest absolute Gasteiger partial charge is 0.497 e. The maximum atomic E-state index is 14.2. The lowest BCUT2D eigenvalue weighted by Crippen LogP contribution is -2.53. The second kappa shape index (κ2) is 13.1. The van der Waals surface area contributed by atoms with Gasteiger partial charge < -0.3 is 24.4 Å². The monoisotopic (exact) mass is 615 g/mol. The lowest BCUT2D eigenvalue weighted by Gasteiger charge is -2.35. The van der Waals surface area contributed by atoms with Crippen LogP contribution >= 0.6 is 0 Å². The van der Waals surface area contributed by atoms with Crippen LogP contribution < -0.4 is 28.7 Å². The lowest BCUT2D eigenvalue weighted by atomic mass is 10.1. The van der Waals surface area contributed by atoms with Crippen molar-refractivity contribution in [2.45, 2.75) is 24.5 Å². The highest BCUT2D eigenvalue weighted by Crippen LogP contribution is 2.35. The molecule has 5 rings (SSSR count). The minimum Gasteiger partial charge on any atom is -0.497 e. The molecule has 1 N–H and O–H groups in total. The van der Waals surface area contributed by atoms with Crippen LogP contribution in [0.2, 0.25) is 0 Å². The van der Waals surface area contributed by atoms with Gasteiger partial charge in [0.2, 0.25) is 5.91 Å². The molecule has 1 atom stereocenters. The van der Waals surface area contributed by atoms with Gasteiger partial charge >= 0.3 is 0 Å². The maximum absolute atomic E-state index is 14.2. The summed E-state index contributed by atoms with van der Waals surface area (Å²) in [4.78, 5) is 28.6. The van der Waals surface area contributed by atoms with Crippen LogP contribution in [0.3, 0.4) is 0 Å². The van der Waals surface area contributed by atoms with Gasteiger partial charge in [-0.2, -0.15) is 0 Å². The summed E-state index contributed by atoms with van der Waals surface area (Å²) in [6, 6.07) is 27.5. The number of para-hydroxylation sites is 2. The topological polar surface area (TPSA) is 114 Å². The molecule has 11 heteroatoms. The summed E-state index contributed by atoms with van der Waals surface area (Å²) < 4.78 is 46.1. The van der Waals surface area contributed by atoms with Crippen LogP contribution in [0.1, 0.15) is 11.1 Å². The number of amides is 2. The molecule has 10 nitrogen and oxygen atoms in total. The van der Waals surface area contributed by atoms with Gasteiger partial charge in [0.05, 0.1) is 32.1 Å². The number of hydrogen-bond acceptors (Lipinski definition) is 7. The van der Waals surface area contributed by atoms with Gasteiger partial charge in [0.25, 0.3) is 15.9 Å². The SMILES string of the molecule is COc1ccc(N(CC(=O)N2C[C@@H](C(=O)NCc3ccccc3)Oc3ccccc32)S(=O)(=O)c2cc(C)ccc2OC)cc1. The summed E-state index contributed by atoms with van der Waals surface area (Å²) in [5.74, 6) is 0.0644. The molecule has 0 spiro atoms. The van der Waals surface area contributed by atoms with Crippen LogP contribution in [-0.2, 0) is 26.2 Å². The molecule has 0 aliphatic carbocycles. The Morgan fingerprint density at radius 3 is 2.34 bits per heavy atom. The number of aryl methyl sites for hydroxylation is 1. The van der Waals surface area contributed by atoms with Crippen LogP contribution in [0.4, 0.5) is 11.4 Å². The van der Waals surface area contributed by atoms with Crippen molar-refractivity contribution in [3.8, 4) is 17.2 Å². The highest BCUT2D eigenvalue weighted by Gasteiger charge is 2.37. The number of anilines is 2. The molecule has 0 saturated carbocycles. The number of benzene rings is 4. The summed E-state index contributed by atoms with van der Waals surface area (Å²) in [5.41, 5.74) is 2.31. The van der Waals surface area contributed by atoms with E-state index >= 15 is 0 Å². The molecule has 0 fully saturated rings. The van der Waals surface area contributed by atoms with Gasteiger partial charge in [-0.1, -0.05) is 48.5 Å². The van der Waals surface area contributed by atoms with E-state index in [2.05, 4.69) is 5.32 Å². The summed E-state index contributed by atoms with van der Waals surface area (Å²) in [6.45, 7) is 1.39. The van der Waals surface area contributed by atoms with Crippen molar-refractivity contribution in [1.29, 1.82) is 0 Å². The molecule has 4 aromatic carbocycles. The normalized spacial score (nSPS) is 14.2. The van der Waals surface area contributed by atoms with Crippen molar-refractivity contribution in [3.63, 3.8) is 0 Å². The zero-order valence-electron chi connectivity index (χ0n) is 24.6. The Balaban J connectivity index is 1.47. The average molecular weight is 616 g/mol. The van der Waals surface area contributed by atoms with Gasteiger partial charge in [0.15, 0.2) is 6.10 Å². The number of sulfonamides is 1. The van der Waals surface area contributed by atoms with Crippen molar-refractivity contribution >= 4 is 33.2 Å². The number of carbonyl (C=O) groups excluding carboxylic acids is 2. The third kappa shape index (κ3) is 6.47. The molecule has 0 bridgehead atoms. The third-order valence-corrected chi connectivity index (χ3v) is 9.00.